The highest BCUT2D eigenvalue weighted by Gasteiger charge is 2.23. The van der Waals surface area contributed by atoms with E-state index in [1.807, 2.05) is 43.8 Å². The molecule has 5 nitrogen and oxygen atoms in total. The van der Waals surface area contributed by atoms with Crippen molar-refractivity contribution in [3.05, 3.63) is 59.7 Å². The van der Waals surface area contributed by atoms with Crippen LogP contribution in [0, 0.1) is 10.8 Å². The third-order valence-corrected chi connectivity index (χ3v) is 7.74. The van der Waals surface area contributed by atoms with Gasteiger partial charge in [-0.05, 0) is 52.7 Å². The van der Waals surface area contributed by atoms with Crippen LogP contribution in [0.4, 0.5) is 11.4 Å². The van der Waals surface area contributed by atoms with Crippen LogP contribution in [0.5, 0.6) is 0 Å². The van der Waals surface area contributed by atoms with Crippen LogP contribution in [-0.2, 0) is 0 Å². The van der Waals surface area contributed by atoms with Crippen molar-refractivity contribution < 1.29 is 5.11 Å². The smallest absolute Gasteiger partial charge is 0.170 e. The van der Waals surface area contributed by atoms with Crippen LogP contribution < -0.4 is 16.0 Å². The number of nitrogens with zero attached hydrogens (tertiary/aromatic N) is 1. The molecule has 0 bridgehead atoms. The Kier molecular flexibility index (Phi) is 11.9. The number of benzene rings is 2. The summed E-state index contributed by atoms with van der Waals surface area (Å²) in [6, 6.07) is 16.7. The number of nitrogens with one attached hydrogen (secondary N) is 3. The van der Waals surface area contributed by atoms with Crippen LogP contribution >= 0.6 is 24.0 Å². The molecule has 0 aromatic heterocycles. The monoisotopic (exact) mass is 542 g/mol. The minimum absolute atomic E-state index is 0.130. The minimum atomic E-state index is -0.177. The van der Waals surface area contributed by atoms with Gasteiger partial charge >= 0.3 is 0 Å². The van der Waals surface area contributed by atoms with E-state index in [-0.39, 0.29) is 12.0 Å². The SMILES string of the molecule is CC(C)c1ccccc1NC(=S)NCC(C)(C)CO.CC(C)c1ccccc1NC1=NCC(C)(C)CS1. The van der Waals surface area contributed by atoms with Gasteiger partial charge in [-0.2, -0.15) is 0 Å². The zero-order valence-electron chi connectivity index (χ0n) is 23.8. The third-order valence-electron chi connectivity index (χ3n) is 6.06. The van der Waals surface area contributed by atoms with Gasteiger partial charge in [-0.1, -0.05) is 104 Å². The van der Waals surface area contributed by atoms with Crippen molar-refractivity contribution in [1.82, 2.24) is 5.32 Å². The Balaban J connectivity index is 0.000000260. The summed E-state index contributed by atoms with van der Waals surface area (Å²) in [7, 11) is 0. The van der Waals surface area contributed by atoms with Crippen LogP contribution in [0.15, 0.2) is 53.5 Å². The maximum Gasteiger partial charge on any atom is 0.170 e. The largest absolute Gasteiger partial charge is 0.396 e. The third kappa shape index (κ3) is 10.7. The summed E-state index contributed by atoms with van der Waals surface area (Å²) in [5, 5.41) is 20.7. The molecular formula is C30H46N4OS2. The molecule has 1 aliphatic rings. The van der Waals surface area contributed by atoms with Crippen LogP contribution in [-0.4, -0.2) is 40.8 Å². The maximum atomic E-state index is 9.21. The van der Waals surface area contributed by atoms with Gasteiger partial charge in [0.25, 0.3) is 0 Å². The lowest BCUT2D eigenvalue weighted by atomic mass is 9.95. The predicted molar refractivity (Wildman–Crippen MR) is 168 cm³/mol. The number of hydrogen-bond acceptors (Lipinski definition) is 5. The standard InChI is InChI=1S/C15H24N2OS.C15H22N2S/c1-11(2)12-7-5-6-8-13(12)17-14(19)16-9-15(3,4)10-18;1-11(2)12-7-5-6-8-13(12)17-14-16-9-15(3,4)10-18-14/h5-8,11,18H,9-10H2,1-4H3,(H2,16,17,19);5-8,11H,9-10H2,1-4H3,(H,16,17). The molecule has 3 rings (SSSR count). The highest BCUT2D eigenvalue weighted by molar-refractivity contribution is 8.14. The highest BCUT2D eigenvalue weighted by atomic mass is 32.2. The molecule has 0 atom stereocenters. The average Bonchev–Trinajstić information content (AvgIpc) is 2.85. The molecular weight excluding hydrogens is 496 g/mol. The van der Waals surface area contributed by atoms with Crippen molar-refractivity contribution in [1.29, 1.82) is 0 Å². The molecule has 0 spiro atoms. The van der Waals surface area contributed by atoms with Gasteiger partial charge in [0.15, 0.2) is 10.3 Å². The normalized spacial score (nSPS) is 14.9. The van der Waals surface area contributed by atoms with E-state index in [0.717, 1.165) is 23.2 Å². The first-order chi connectivity index (χ1) is 17.3. The van der Waals surface area contributed by atoms with E-state index in [4.69, 9.17) is 12.2 Å². The topological polar surface area (TPSA) is 68.7 Å². The van der Waals surface area contributed by atoms with Gasteiger partial charge in [0.1, 0.15) is 0 Å². The van der Waals surface area contributed by atoms with Gasteiger partial charge in [0.05, 0.1) is 0 Å². The van der Waals surface area contributed by atoms with Crippen molar-refractivity contribution in [3.63, 3.8) is 0 Å². The van der Waals surface area contributed by atoms with Gasteiger partial charge in [0.2, 0.25) is 0 Å². The lowest BCUT2D eigenvalue weighted by molar-refractivity contribution is 0.162. The van der Waals surface area contributed by atoms with Gasteiger partial charge in [-0.3, -0.25) is 4.99 Å². The molecule has 7 heteroatoms. The quantitative estimate of drug-likeness (QED) is 0.272. The summed E-state index contributed by atoms with van der Waals surface area (Å²) in [6.07, 6.45) is 0. The number of rotatable bonds is 7. The van der Waals surface area contributed by atoms with E-state index < -0.39 is 0 Å². The molecule has 2 aromatic carbocycles. The van der Waals surface area contributed by atoms with E-state index in [1.54, 1.807) is 0 Å². The van der Waals surface area contributed by atoms with Crippen molar-refractivity contribution >= 4 is 45.6 Å². The number of amidine groups is 1. The second-order valence-corrected chi connectivity index (χ2v) is 13.2. The van der Waals surface area contributed by atoms with Crippen molar-refractivity contribution in [2.24, 2.45) is 15.8 Å². The number of thioether (sulfide) groups is 1. The summed E-state index contributed by atoms with van der Waals surface area (Å²) in [5.41, 5.74) is 4.98. The predicted octanol–water partition coefficient (Wildman–Crippen LogP) is 7.47. The van der Waals surface area contributed by atoms with Gasteiger partial charge in [0, 0.05) is 42.2 Å². The molecule has 4 N–H and O–H groups in total. The molecule has 0 fully saturated rings. The first kappa shape index (κ1) is 31.1. The Morgan fingerprint density at radius 2 is 1.54 bits per heavy atom. The van der Waals surface area contributed by atoms with Crippen molar-refractivity contribution in [2.45, 2.75) is 67.2 Å². The second-order valence-electron chi connectivity index (χ2n) is 11.8. The van der Waals surface area contributed by atoms with Crippen LogP contribution in [0.25, 0.3) is 0 Å². The molecule has 0 amide bonds. The molecule has 1 heterocycles. The van der Waals surface area contributed by atoms with Crippen molar-refractivity contribution in [3.8, 4) is 0 Å². The first-order valence-corrected chi connectivity index (χ1v) is 14.5. The molecule has 0 saturated heterocycles. The minimum Gasteiger partial charge on any atom is -0.396 e. The Bertz CT molecular complexity index is 1050. The van der Waals surface area contributed by atoms with Crippen LogP contribution in [0.3, 0.4) is 0 Å². The first-order valence-electron chi connectivity index (χ1n) is 13.1. The zero-order valence-corrected chi connectivity index (χ0v) is 25.4. The highest BCUT2D eigenvalue weighted by Crippen LogP contribution is 2.30. The van der Waals surface area contributed by atoms with Gasteiger partial charge in [-0.15, -0.1) is 0 Å². The van der Waals surface area contributed by atoms with E-state index >= 15 is 0 Å². The molecule has 0 aliphatic carbocycles. The summed E-state index contributed by atoms with van der Waals surface area (Å²) in [5.74, 6) is 2.10. The number of thiocarbonyl (C=S) groups is 1. The Morgan fingerprint density at radius 3 is 2.05 bits per heavy atom. The maximum absolute atomic E-state index is 9.21. The van der Waals surface area contributed by atoms with E-state index in [1.165, 1.54) is 16.8 Å². The van der Waals surface area contributed by atoms with Gasteiger partial charge < -0.3 is 21.1 Å². The van der Waals surface area contributed by atoms with Crippen molar-refractivity contribution in [2.75, 3.05) is 36.1 Å². The fourth-order valence-electron chi connectivity index (χ4n) is 3.60. The second kappa shape index (κ2) is 14.2. The number of para-hydroxylation sites is 2. The summed E-state index contributed by atoms with van der Waals surface area (Å²) < 4.78 is 0. The number of aliphatic imine (C=N–C) groups is 1. The zero-order chi connectivity index (χ0) is 27.6. The lowest BCUT2D eigenvalue weighted by Crippen LogP contribution is -2.38. The van der Waals surface area contributed by atoms with E-state index in [2.05, 4.69) is 92.8 Å². The van der Waals surface area contributed by atoms with E-state index in [9.17, 15) is 5.11 Å². The number of aliphatic hydroxyl groups excluding tert-OH is 1. The summed E-state index contributed by atoms with van der Waals surface area (Å²) in [6.45, 7) is 19.0. The van der Waals surface area contributed by atoms with Crippen LogP contribution in [0.2, 0.25) is 0 Å². The van der Waals surface area contributed by atoms with E-state index in [0.29, 0.717) is 28.9 Å². The Labute approximate surface area is 234 Å². The lowest BCUT2D eigenvalue weighted by Gasteiger charge is -2.27. The summed E-state index contributed by atoms with van der Waals surface area (Å²) in [4.78, 5) is 4.65. The molecule has 2 aromatic rings. The van der Waals surface area contributed by atoms with Crippen LogP contribution in [0.1, 0.15) is 78.4 Å². The molecule has 0 radical (unpaired) electrons. The average molecular weight is 543 g/mol. The fourth-order valence-corrected chi connectivity index (χ4v) is 4.74. The Hall–Kier alpha value is -2.09. The number of hydrogen-bond donors (Lipinski definition) is 4. The molecule has 1 aliphatic heterocycles. The molecule has 0 saturated carbocycles. The number of anilines is 2. The molecule has 37 heavy (non-hydrogen) atoms. The molecule has 204 valence electrons. The van der Waals surface area contributed by atoms with Gasteiger partial charge in [-0.25, -0.2) is 0 Å². The summed E-state index contributed by atoms with van der Waals surface area (Å²) >= 11 is 7.12. The Morgan fingerprint density at radius 1 is 1.00 bits per heavy atom. The fraction of sp³-hybridized carbons (Fsp3) is 0.533. The molecule has 0 unspecified atom stereocenters. The number of aliphatic hydroxyl groups is 1.